The minimum absolute atomic E-state index is 0.283. The molecule has 1 aromatic carbocycles. The number of hydrazine groups is 1. The third-order valence-electron chi connectivity index (χ3n) is 4.96. The van der Waals surface area contributed by atoms with Gasteiger partial charge in [0, 0.05) is 17.8 Å². The third kappa shape index (κ3) is 4.53. The van der Waals surface area contributed by atoms with Gasteiger partial charge in [0.2, 0.25) is 0 Å². The number of anilines is 1. The summed E-state index contributed by atoms with van der Waals surface area (Å²) >= 11 is 0. The summed E-state index contributed by atoms with van der Waals surface area (Å²) in [6, 6.07) is 13.5. The molecular weight excluding hydrogens is 429 g/mol. The van der Waals surface area contributed by atoms with Crippen LogP contribution < -0.4 is 10.9 Å². The number of pyridine rings is 2. The number of alkyl halides is 3. The first-order valence-corrected chi connectivity index (χ1v) is 9.78. The van der Waals surface area contributed by atoms with Crippen molar-refractivity contribution in [1.29, 1.82) is 0 Å². The van der Waals surface area contributed by atoms with Crippen LogP contribution in [0.3, 0.4) is 0 Å². The van der Waals surface area contributed by atoms with Crippen LogP contribution in [0.25, 0.3) is 22.2 Å². The number of nitrogens with two attached hydrogens (primary N) is 1. The monoisotopic (exact) mass is 448 g/mol. The van der Waals surface area contributed by atoms with Crippen LogP contribution >= 0.6 is 0 Å². The van der Waals surface area contributed by atoms with Gasteiger partial charge >= 0.3 is 6.18 Å². The van der Waals surface area contributed by atoms with E-state index in [9.17, 15) is 13.2 Å². The summed E-state index contributed by atoms with van der Waals surface area (Å²) < 4.78 is 39.8. The van der Waals surface area contributed by atoms with Crippen LogP contribution in [0.15, 0.2) is 98.1 Å². The maximum Gasteiger partial charge on any atom is 0.433 e. The summed E-state index contributed by atoms with van der Waals surface area (Å²) in [5, 5.41) is 6.52. The molecule has 0 spiro atoms. The summed E-state index contributed by atoms with van der Waals surface area (Å²) in [7, 11) is 0. The van der Waals surface area contributed by atoms with Gasteiger partial charge in [-0.3, -0.25) is 9.99 Å². The van der Waals surface area contributed by atoms with Crippen molar-refractivity contribution in [2.75, 3.05) is 5.01 Å². The zero-order chi connectivity index (χ0) is 23.6. The molecule has 0 amide bonds. The molecule has 33 heavy (non-hydrogen) atoms. The highest BCUT2D eigenvalue weighted by molar-refractivity contribution is 5.88. The molecule has 4 aromatic rings. The Balaban J connectivity index is 1.54. The molecule has 0 atom stereocenters. The van der Waals surface area contributed by atoms with Crippen LogP contribution in [0.4, 0.5) is 18.9 Å². The number of benzene rings is 1. The Morgan fingerprint density at radius 2 is 1.82 bits per heavy atom. The zero-order valence-corrected chi connectivity index (χ0v) is 17.4. The fourth-order valence-electron chi connectivity index (χ4n) is 3.22. The number of allylic oxidation sites excluding steroid dienone is 3. The number of hydrogen-bond donors (Lipinski definition) is 1. The van der Waals surface area contributed by atoms with Gasteiger partial charge in [-0.25, -0.2) is 15.5 Å². The second-order valence-corrected chi connectivity index (χ2v) is 7.10. The number of nitrogens with zero attached hydrogens (tertiary/aromatic N) is 5. The first-order valence-electron chi connectivity index (χ1n) is 9.78. The van der Waals surface area contributed by atoms with E-state index < -0.39 is 11.9 Å². The summed E-state index contributed by atoms with van der Waals surface area (Å²) in [5.74, 6) is 5.93. The van der Waals surface area contributed by atoms with Gasteiger partial charge in [0.25, 0.3) is 0 Å². The lowest BCUT2D eigenvalue weighted by molar-refractivity contribution is -0.141. The second-order valence-electron chi connectivity index (χ2n) is 7.10. The van der Waals surface area contributed by atoms with Crippen LogP contribution in [0, 0.1) is 0 Å². The van der Waals surface area contributed by atoms with Crippen molar-refractivity contribution >= 4 is 22.2 Å². The van der Waals surface area contributed by atoms with Gasteiger partial charge < -0.3 is 0 Å². The van der Waals surface area contributed by atoms with E-state index in [0.717, 1.165) is 39.6 Å². The third-order valence-corrected chi connectivity index (χ3v) is 4.96. The van der Waals surface area contributed by atoms with Crippen LogP contribution in [0.1, 0.15) is 11.4 Å². The number of rotatable bonds is 6. The molecule has 2 N–H and O–H groups in total. The van der Waals surface area contributed by atoms with E-state index in [4.69, 9.17) is 5.84 Å². The summed E-state index contributed by atoms with van der Waals surface area (Å²) in [6.07, 6.45) is 3.02. The molecule has 0 saturated carbocycles. The Morgan fingerprint density at radius 3 is 2.55 bits per heavy atom. The Kier molecular flexibility index (Phi) is 5.80. The predicted molar refractivity (Wildman–Crippen MR) is 122 cm³/mol. The highest BCUT2D eigenvalue weighted by atomic mass is 19.4. The number of fused-ring (bicyclic) bond motifs is 1. The fourth-order valence-corrected chi connectivity index (χ4v) is 3.22. The van der Waals surface area contributed by atoms with E-state index in [0.29, 0.717) is 11.1 Å². The van der Waals surface area contributed by atoms with Crippen molar-refractivity contribution in [3.63, 3.8) is 0 Å². The normalized spacial score (nSPS) is 11.8. The summed E-state index contributed by atoms with van der Waals surface area (Å²) in [6.45, 7) is 8.16. The molecule has 0 aliphatic heterocycles. The molecule has 0 aliphatic carbocycles. The lowest BCUT2D eigenvalue weighted by Crippen LogP contribution is -2.24. The first kappa shape index (κ1) is 22.0. The number of hydrogen-bond acceptors (Lipinski definition) is 5. The summed E-state index contributed by atoms with van der Waals surface area (Å²) in [5.41, 5.74) is 2.85. The average Bonchev–Trinajstić information content (AvgIpc) is 3.30. The van der Waals surface area contributed by atoms with E-state index in [1.54, 1.807) is 23.2 Å². The van der Waals surface area contributed by atoms with Crippen LogP contribution in [-0.4, -0.2) is 19.7 Å². The van der Waals surface area contributed by atoms with Gasteiger partial charge in [0.1, 0.15) is 5.69 Å². The molecule has 0 aliphatic rings. The van der Waals surface area contributed by atoms with Gasteiger partial charge in [-0.2, -0.15) is 18.3 Å². The Labute approximate surface area is 187 Å². The second kappa shape index (κ2) is 8.71. The van der Waals surface area contributed by atoms with Gasteiger partial charge in [-0.05, 0) is 59.7 Å². The predicted octanol–water partition coefficient (Wildman–Crippen LogP) is 5.30. The smallest absolute Gasteiger partial charge is 0.285 e. The maximum atomic E-state index is 12.7. The van der Waals surface area contributed by atoms with Crippen molar-refractivity contribution in [2.45, 2.75) is 6.18 Å². The van der Waals surface area contributed by atoms with E-state index in [1.165, 1.54) is 12.3 Å². The average molecular weight is 448 g/mol. The Morgan fingerprint density at radius 1 is 1.00 bits per heavy atom. The summed E-state index contributed by atoms with van der Waals surface area (Å²) in [4.78, 5) is 7.79. The van der Waals surface area contributed by atoms with Crippen LogP contribution in [0.2, 0.25) is 0 Å². The zero-order valence-electron chi connectivity index (χ0n) is 17.4. The SMILES string of the molecule is C=C(/C=C\N(N)c1ccc(C(F)(F)F)nc1)C(=C)c1ccnn1-c1cccc2ncccc12. The van der Waals surface area contributed by atoms with Crippen molar-refractivity contribution in [3.05, 3.63) is 110 Å². The van der Waals surface area contributed by atoms with Gasteiger partial charge in [0.15, 0.2) is 0 Å². The number of aromatic nitrogens is 4. The molecule has 4 rings (SSSR count). The lowest BCUT2D eigenvalue weighted by Gasteiger charge is -2.15. The minimum Gasteiger partial charge on any atom is -0.285 e. The van der Waals surface area contributed by atoms with Gasteiger partial charge in [-0.15, -0.1) is 0 Å². The molecule has 0 saturated heterocycles. The highest BCUT2D eigenvalue weighted by Crippen LogP contribution is 2.29. The van der Waals surface area contributed by atoms with Crippen molar-refractivity contribution in [1.82, 2.24) is 19.7 Å². The largest absolute Gasteiger partial charge is 0.433 e. The van der Waals surface area contributed by atoms with Crippen molar-refractivity contribution in [3.8, 4) is 5.69 Å². The van der Waals surface area contributed by atoms with Crippen molar-refractivity contribution < 1.29 is 13.2 Å². The van der Waals surface area contributed by atoms with Crippen LogP contribution in [0.5, 0.6) is 0 Å². The molecule has 3 aromatic heterocycles. The maximum absolute atomic E-state index is 12.7. The van der Waals surface area contributed by atoms with E-state index in [-0.39, 0.29) is 5.69 Å². The molecule has 9 heteroatoms. The Hall–Kier alpha value is -4.24. The van der Waals surface area contributed by atoms with Crippen molar-refractivity contribution in [2.24, 2.45) is 5.84 Å². The van der Waals surface area contributed by atoms with Gasteiger partial charge in [0.05, 0.1) is 35.0 Å². The standard InChI is InChI=1S/C24H19F3N6/c1-16(11-14-32(28)18-8-9-23(30-15-18)24(25,26)27)17(2)21-10-13-31-33(21)22-7-3-6-20-19(22)5-4-12-29-20/h3-15H,1-2,28H2/b14-11-. The van der Waals surface area contributed by atoms with Crippen LogP contribution in [-0.2, 0) is 6.18 Å². The molecule has 0 fully saturated rings. The molecular formula is C24H19F3N6. The molecule has 166 valence electrons. The molecule has 3 heterocycles. The molecule has 6 nitrogen and oxygen atoms in total. The van der Waals surface area contributed by atoms with E-state index in [1.807, 2.05) is 36.4 Å². The Bertz CT molecular complexity index is 1350. The van der Waals surface area contributed by atoms with E-state index in [2.05, 4.69) is 28.2 Å². The quantitative estimate of drug-likeness (QED) is 0.246. The molecule has 0 unspecified atom stereocenters. The minimum atomic E-state index is -4.51. The molecule has 0 radical (unpaired) electrons. The fraction of sp³-hybridized carbons (Fsp3) is 0.0417. The number of halogens is 3. The van der Waals surface area contributed by atoms with Gasteiger partial charge in [-0.1, -0.05) is 19.2 Å². The van der Waals surface area contributed by atoms with E-state index >= 15 is 0 Å². The highest BCUT2D eigenvalue weighted by Gasteiger charge is 2.32. The lowest BCUT2D eigenvalue weighted by atomic mass is 10.1. The molecule has 0 bridgehead atoms. The first-order chi connectivity index (χ1) is 15.8. The topological polar surface area (TPSA) is 72.9 Å².